The number of aliphatic carboxylic acids is 1. The Labute approximate surface area is 264 Å². The molecule has 0 spiro atoms. The average molecular weight is 629 g/mol. The minimum atomic E-state index is -1.47. The van der Waals surface area contributed by atoms with Gasteiger partial charge in [-0.1, -0.05) is 60.7 Å². The van der Waals surface area contributed by atoms with Gasteiger partial charge in [0.25, 0.3) is 0 Å². The van der Waals surface area contributed by atoms with Crippen molar-refractivity contribution in [2.45, 2.75) is 49.9 Å². The van der Waals surface area contributed by atoms with Crippen molar-refractivity contribution in [1.82, 2.24) is 20.9 Å². The average Bonchev–Trinajstić information content (AvgIpc) is 3.43. The van der Waals surface area contributed by atoms with Gasteiger partial charge in [-0.2, -0.15) is 0 Å². The van der Waals surface area contributed by atoms with Gasteiger partial charge in [-0.3, -0.25) is 19.2 Å². The summed E-state index contributed by atoms with van der Waals surface area (Å²) in [4.78, 5) is 67.1. The van der Waals surface area contributed by atoms with E-state index in [1.807, 2.05) is 30.3 Å². The molecule has 0 saturated carbocycles. The van der Waals surface area contributed by atoms with Crippen LogP contribution in [0, 0.1) is 0 Å². The number of hydrogen-bond donors (Lipinski definition) is 8. The number of carbonyl (C=O) groups is 5. The van der Waals surface area contributed by atoms with Gasteiger partial charge >= 0.3 is 5.97 Å². The molecule has 4 unspecified atom stereocenters. The van der Waals surface area contributed by atoms with Crippen LogP contribution < -0.4 is 27.4 Å². The lowest BCUT2D eigenvalue weighted by Gasteiger charge is -2.25. The number of nitrogens with two attached hydrogens (primary N) is 2. The van der Waals surface area contributed by atoms with Crippen molar-refractivity contribution in [2.24, 2.45) is 11.5 Å². The predicted molar refractivity (Wildman–Crippen MR) is 169 cm³/mol. The summed E-state index contributed by atoms with van der Waals surface area (Å²) in [7, 11) is 0. The van der Waals surface area contributed by atoms with Crippen molar-refractivity contribution < 1.29 is 34.2 Å². The molecule has 0 aliphatic heterocycles. The molecular formula is C33H36N6O7. The molecule has 4 amide bonds. The summed E-state index contributed by atoms with van der Waals surface area (Å²) in [6.07, 6.45) is 1.09. The molecule has 0 saturated heterocycles. The molecule has 0 radical (unpaired) electrons. The van der Waals surface area contributed by atoms with E-state index in [0.717, 1.165) is 16.5 Å². The number of benzene rings is 3. The van der Waals surface area contributed by atoms with Crippen LogP contribution in [-0.4, -0.2) is 69.0 Å². The molecule has 4 rings (SSSR count). The topological polar surface area (TPSA) is 230 Å². The number of carboxylic acids is 1. The Hall–Kier alpha value is -5.69. The van der Waals surface area contributed by atoms with E-state index < -0.39 is 60.2 Å². The van der Waals surface area contributed by atoms with Gasteiger partial charge in [-0.15, -0.1) is 0 Å². The first-order valence-electron chi connectivity index (χ1n) is 14.5. The summed E-state index contributed by atoms with van der Waals surface area (Å²) in [5, 5.41) is 28.0. The second-order valence-corrected chi connectivity index (χ2v) is 10.9. The maximum Gasteiger partial charge on any atom is 0.326 e. The van der Waals surface area contributed by atoms with Gasteiger partial charge in [0.15, 0.2) is 0 Å². The van der Waals surface area contributed by atoms with E-state index in [9.17, 15) is 34.2 Å². The monoisotopic (exact) mass is 628 g/mol. The van der Waals surface area contributed by atoms with E-state index in [1.165, 1.54) is 24.3 Å². The summed E-state index contributed by atoms with van der Waals surface area (Å²) in [5.74, 6) is -4.63. The molecule has 1 aromatic heterocycles. The minimum absolute atomic E-state index is 0.0190. The van der Waals surface area contributed by atoms with E-state index in [-0.39, 0.29) is 25.0 Å². The highest BCUT2D eigenvalue weighted by atomic mass is 16.4. The highest BCUT2D eigenvalue weighted by Crippen LogP contribution is 2.19. The third kappa shape index (κ3) is 9.16. The Morgan fingerprint density at radius 1 is 0.696 bits per heavy atom. The predicted octanol–water partition coefficient (Wildman–Crippen LogP) is 0.643. The van der Waals surface area contributed by atoms with Crippen molar-refractivity contribution in [3.63, 3.8) is 0 Å². The van der Waals surface area contributed by atoms with E-state index in [2.05, 4.69) is 20.9 Å². The van der Waals surface area contributed by atoms with Gasteiger partial charge in [-0.05, 0) is 41.3 Å². The SMILES string of the molecule is NC(=O)CC(NC(=O)C(N)Cc1ccccc1)C(=O)NC(Cc1ccc(O)cc1)C(=O)NC(Cc1c[nH]c2ccccc12)C(=O)O. The lowest BCUT2D eigenvalue weighted by atomic mass is 10.0. The Balaban J connectivity index is 1.52. The number of aromatic nitrogens is 1. The summed E-state index contributed by atoms with van der Waals surface area (Å²) in [6, 6.07) is 16.9. The van der Waals surface area contributed by atoms with Crippen molar-refractivity contribution in [3.8, 4) is 5.75 Å². The number of para-hydroxylation sites is 1. The zero-order valence-electron chi connectivity index (χ0n) is 24.8. The number of carbonyl (C=O) groups excluding carboxylic acids is 4. The minimum Gasteiger partial charge on any atom is -0.508 e. The highest BCUT2D eigenvalue weighted by Gasteiger charge is 2.32. The van der Waals surface area contributed by atoms with Gasteiger partial charge in [0.05, 0.1) is 12.5 Å². The third-order valence-electron chi connectivity index (χ3n) is 7.40. The molecule has 1 heterocycles. The summed E-state index contributed by atoms with van der Waals surface area (Å²) >= 11 is 0. The largest absolute Gasteiger partial charge is 0.508 e. The molecule has 4 aromatic rings. The number of phenols is 1. The standard InChI is InChI=1S/C33H36N6O7/c34-24(14-19-6-2-1-3-7-19)30(42)37-27(17-29(35)41)32(44)38-26(15-20-10-12-22(40)13-11-20)31(43)39-28(33(45)46)16-21-18-36-25-9-5-4-8-23(21)25/h1-13,18,24,26-28,36,40H,14-17,34H2,(H2,35,41)(H,37,42)(H,38,44)(H,39,43)(H,45,46). The van der Waals surface area contributed by atoms with Crippen molar-refractivity contribution in [2.75, 3.05) is 0 Å². The van der Waals surface area contributed by atoms with Crippen molar-refractivity contribution in [3.05, 3.63) is 102 Å². The van der Waals surface area contributed by atoms with Crippen molar-refractivity contribution >= 4 is 40.5 Å². The maximum atomic E-state index is 13.6. The number of fused-ring (bicyclic) bond motifs is 1. The first-order valence-corrected chi connectivity index (χ1v) is 14.5. The first kappa shape index (κ1) is 33.2. The molecule has 46 heavy (non-hydrogen) atoms. The van der Waals surface area contributed by atoms with Crippen LogP contribution in [0.4, 0.5) is 0 Å². The molecule has 4 atom stereocenters. The van der Waals surface area contributed by atoms with E-state index in [1.54, 1.807) is 30.5 Å². The number of phenolic OH excluding ortho intramolecular Hbond substituents is 1. The fourth-order valence-corrected chi connectivity index (χ4v) is 4.99. The molecular weight excluding hydrogens is 592 g/mol. The van der Waals surface area contributed by atoms with Crippen LogP contribution in [0.15, 0.2) is 85.1 Å². The lowest BCUT2D eigenvalue weighted by Crippen LogP contribution is -2.58. The summed E-state index contributed by atoms with van der Waals surface area (Å²) in [5.41, 5.74) is 14.2. The number of aromatic amines is 1. The third-order valence-corrected chi connectivity index (χ3v) is 7.40. The van der Waals surface area contributed by atoms with Crippen LogP contribution in [-0.2, 0) is 43.2 Å². The number of carboxylic acid groups (broad SMARTS) is 1. The number of amides is 4. The van der Waals surface area contributed by atoms with Crippen LogP contribution in [0.3, 0.4) is 0 Å². The number of primary amides is 1. The van der Waals surface area contributed by atoms with Crippen LogP contribution in [0.1, 0.15) is 23.1 Å². The number of aromatic hydroxyl groups is 1. The van der Waals surface area contributed by atoms with Crippen LogP contribution >= 0.6 is 0 Å². The zero-order valence-corrected chi connectivity index (χ0v) is 24.8. The van der Waals surface area contributed by atoms with Gasteiger partial charge in [-0.25, -0.2) is 4.79 Å². The fraction of sp³-hybridized carbons (Fsp3) is 0.242. The second-order valence-electron chi connectivity index (χ2n) is 10.9. The Kier molecular flexibility index (Phi) is 11.1. The number of hydrogen-bond acceptors (Lipinski definition) is 7. The normalized spacial score (nSPS) is 13.6. The summed E-state index contributed by atoms with van der Waals surface area (Å²) < 4.78 is 0. The first-order chi connectivity index (χ1) is 22.0. The Morgan fingerprint density at radius 3 is 1.96 bits per heavy atom. The summed E-state index contributed by atoms with van der Waals surface area (Å²) in [6.45, 7) is 0. The van der Waals surface area contributed by atoms with E-state index >= 15 is 0 Å². The van der Waals surface area contributed by atoms with Gasteiger partial charge in [0.1, 0.15) is 23.9 Å². The smallest absolute Gasteiger partial charge is 0.326 e. The quantitative estimate of drug-likeness (QED) is 0.0929. The van der Waals surface area contributed by atoms with E-state index in [0.29, 0.717) is 11.1 Å². The molecule has 3 aromatic carbocycles. The van der Waals surface area contributed by atoms with Crippen molar-refractivity contribution in [1.29, 1.82) is 0 Å². The maximum absolute atomic E-state index is 13.6. The molecule has 13 heteroatoms. The molecule has 10 N–H and O–H groups in total. The Bertz CT molecular complexity index is 1690. The number of rotatable bonds is 15. The van der Waals surface area contributed by atoms with Crippen LogP contribution in [0.25, 0.3) is 10.9 Å². The van der Waals surface area contributed by atoms with Gasteiger partial charge in [0, 0.05) is 29.9 Å². The number of H-pyrrole nitrogens is 1. The lowest BCUT2D eigenvalue weighted by molar-refractivity contribution is -0.142. The molecule has 0 bridgehead atoms. The molecule has 0 fully saturated rings. The van der Waals surface area contributed by atoms with Crippen LogP contribution in [0.2, 0.25) is 0 Å². The van der Waals surface area contributed by atoms with E-state index in [4.69, 9.17) is 11.5 Å². The Morgan fingerprint density at radius 2 is 1.28 bits per heavy atom. The molecule has 0 aliphatic rings. The van der Waals surface area contributed by atoms with Gasteiger partial charge < -0.3 is 42.6 Å². The molecule has 240 valence electrons. The zero-order chi connectivity index (χ0) is 33.2. The molecule has 0 aliphatic carbocycles. The fourth-order valence-electron chi connectivity index (χ4n) is 4.99. The van der Waals surface area contributed by atoms with Crippen LogP contribution in [0.5, 0.6) is 5.75 Å². The highest BCUT2D eigenvalue weighted by molar-refractivity contribution is 5.96. The number of nitrogens with one attached hydrogen (secondary N) is 4. The molecule has 13 nitrogen and oxygen atoms in total. The second kappa shape index (κ2) is 15.3. The van der Waals surface area contributed by atoms with Gasteiger partial charge in [0.2, 0.25) is 23.6 Å².